The lowest BCUT2D eigenvalue weighted by Crippen LogP contribution is -2.34. The lowest BCUT2D eigenvalue weighted by Gasteiger charge is -2.34. The molecule has 0 saturated carbocycles. The summed E-state index contributed by atoms with van der Waals surface area (Å²) >= 11 is 0. The predicted octanol–water partition coefficient (Wildman–Crippen LogP) is 6.71. The van der Waals surface area contributed by atoms with Crippen LogP contribution in [0.4, 0.5) is 0 Å². The minimum Gasteiger partial charge on any atom is -0.285 e. The van der Waals surface area contributed by atoms with Crippen LogP contribution < -0.4 is 0 Å². The van der Waals surface area contributed by atoms with Gasteiger partial charge < -0.3 is 0 Å². The van der Waals surface area contributed by atoms with Crippen LogP contribution in [0.2, 0.25) is 0 Å². The normalized spacial score (nSPS) is 12.4. The molecule has 0 aliphatic heterocycles. The standard InChI is InChI=1S/C32H33N5/c1-25(2)30(36(23-26-15-7-3-8-16-26)24-27-17-9-4-10-18-27)32-33-34-35-37(32)31(28-19-11-5-12-20-28)29-21-13-6-14-22-29/h3-22,25,30-31H,23-24H2,1-2H3/t30-/m1/s1. The van der Waals surface area contributed by atoms with Crippen LogP contribution in [0.15, 0.2) is 121 Å². The van der Waals surface area contributed by atoms with Gasteiger partial charge in [0, 0.05) is 13.1 Å². The van der Waals surface area contributed by atoms with E-state index in [-0.39, 0.29) is 18.0 Å². The molecule has 5 heteroatoms. The Morgan fingerprint density at radius 3 is 1.49 bits per heavy atom. The highest BCUT2D eigenvalue weighted by molar-refractivity contribution is 5.33. The molecule has 0 amide bonds. The van der Waals surface area contributed by atoms with Crippen LogP contribution in [0.3, 0.4) is 0 Å². The van der Waals surface area contributed by atoms with Gasteiger partial charge in [-0.25, -0.2) is 4.68 Å². The first-order chi connectivity index (χ1) is 18.2. The Kier molecular flexibility index (Phi) is 7.82. The van der Waals surface area contributed by atoms with E-state index in [1.54, 1.807) is 0 Å². The van der Waals surface area contributed by atoms with Gasteiger partial charge in [0.2, 0.25) is 0 Å². The number of hydrogen-bond donors (Lipinski definition) is 0. The summed E-state index contributed by atoms with van der Waals surface area (Å²) in [5.41, 5.74) is 4.85. The van der Waals surface area contributed by atoms with Crippen molar-refractivity contribution in [1.29, 1.82) is 0 Å². The second kappa shape index (κ2) is 11.8. The predicted molar refractivity (Wildman–Crippen MR) is 148 cm³/mol. The Morgan fingerprint density at radius 1 is 0.622 bits per heavy atom. The van der Waals surface area contributed by atoms with Gasteiger partial charge in [-0.2, -0.15) is 0 Å². The topological polar surface area (TPSA) is 46.8 Å². The molecule has 0 unspecified atom stereocenters. The summed E-state index contributed by atoms with van der Waals surface area (Å²) in [4.78, 5) is 2.50. The zero-order valence-corrected chi connectivity index (χ0v) is 21.4. The fourth-order valence-corrected chi connectivity index (χ4v) is 5.10. The molecule has 0 aliphatic rings. The minimum absolute atomic E-state index is 0.00494. The third-order valence-corrected chi connectivity index (χ3v) is 6.74. The largest absolute Gasteiger partial charge is 0.285 e. The lowest BCUT2D eigenvalue weighted by molar-refractivity contribution is 0.125. The molecular formula is C32H33N5. The molecule has 1 aromatic heterocycles. The zero-order valence-electron chi connectivity index (χ0n) is 21.4. The van der Waals surface area contributed by atoms with Crippen LogP contribution in [-0.4, -0.2) is 25.1 Å². The van der Waals surface area contributed by atoms with E-state index < -0.39 is 0 Å². The van der Waals surface area contributed by atoms with Crippen LogP contribution >= 0.6 is 0 Å². The van der Waals surface area contributed by atoms with Gasteiger partial charge >= 0.3 is 0 Å². The highest BCUT2D eigenvalue weighted by Gasteiger charge is 2.32. The SMILES string of the molecule is CC(C)[C@H](c1nnnn1C(c1ccccc1)c1ccccc1)N(Cc1ccccc1)Cc1ccccc1. The number of aromatic nitrogens is 4. The zero-order chi connectivity index (χ0) is 25.5. The van der Waals surface area contributed by atoms with Gasteiger partial charge in [0.05, 0.1) is 6.04 Å². The van der Waals surface area contributed by atoms with Crippen molar-refractivity contribution >= 4 is 0 Å². The summed E-state index contributed by atoms with van der Waals surface area (Å²) in [5, 5.41) is 13.5. The molecule has 0 N–H and O–H groups in total. The van der Waals surface area contributed by atoms with Crippen molar-refractivity contribution in [3.8, 4) is 0 Å². The average Bonchev–Trinajstić information content (AvgIpc) is 3.39. The Bertz CT molecular complexity index is 1270. The van der Waals surface area contributed by atoms with Gasteiger partial charge in [0.1, 0.15) is 6.04 Å². The second-order valence-electron chi connectivity index (χ2n) is 9.77. The molecule has 4 aromatic carbocycles. The monoisotopic (exact) mass is 487 g/mol. The van der Waals surface area contributed by atoms with Crippen molar-refractivity contribution in [2.24, 2.45) is 5.92 Å². The maximum absolute atomic E-state index is 4.67. The summed E-state index contributed by atoms with van der Waals surface area (Å²) in [6.07, 6.45) is 0. The Labute approximate surface area is 219 Å². The van der Waals surface area contributed by atoms with E-state index in [4.69, 9.17) is 0 Å². The molecule has 37 heavy (non-hydrogen) atoms. The fraction of sp³-hybridized carbons (Fsp3) is 0.219. The van der Waals surface area contributed by atoms with Crippen LogP contribution in [0.25, 0.3) is 0 Å². The van der Waals surface area contributed by atoms with E-state index in [1.807, 2.05) is 16.8 Å². The van der Waals surface area contributed by atoms with E-state index in [0.29, 0.717) is 0 Å². The van der Waals surface area contributed by atoms with E-state index in [2.05, 4.69) is 143 Å². The molecule has 0 saturated heterocycles. The van der Waals surface area contributed by atoms with Crippen LogP contribution in [-0.2, 0) is 13.1 Å². The van der Waals surface area contributed by atoms with Crippen molar-refractivity contribution in [2.45, 2.75) is 39.0 Å². The molecule has 5 nitrogen and oxygen atoms in total. The van der Waals surface area contributed by atoms with Crippen molar-refractivity contribution in [2.75, 3.05) is 0 Å². The summed E-state index contributed by atoms with van der Waals surface area (Å²) < 4.78 is 2.03. The lowest BCUT2D eigenvalue weighted by atomic mass is 9.96. The molecule has 186 valence electrons. The number of benzene rings is 4. The number of hydrogen-bond acceptors (Lipinski definition) is 4. The molecule has 5 aromatic rings. The molecule has 1 atom stereocenters. The van der Waals surface area contributed by atoms with Gasteiger partial charge in [-0.1, -0.05) is 135 Å². The number of tetrazole rings is 1. The van der Waals surface area contributed by atoms with Gasteiger partial charge in [-0.3, -0.25) is 4.90 Å². The molecule has 0 aliphatic carbocycles. The Balaban J connectivity index is 1.60. The first-order valence-electron chi connectivity index (χ1n) is 12.9. The van der Waals surface area contributed by atoms with Gasteiger partial charge in [0.15, 0.2) is 5.82 Å². The third kappa shape index (κ3) is 5.84. The van der Waals surface area contributed by atoms with Crippen molar-refractivity contribution in [3.05, 3.63) is 149 Å². The average molecular weight is 488 g/mol. The molecule has 0 spiro atoms. The van der Waals surface area contributed by atoms with E-state index in [9.17, 15) is 0 Å². The highest BCUT2D eigenvalue weighted by Crippen LogP contribution is 2.34. The second-order valence-corrected chi connectivity index (χ2v) is 9.77. The molecule has 0 fully saturated rings. The smallest absolute Gasteiger partial charge is 0.169 e. The van der Waals surface area contributed by atoms with Gasteiger partial charge in [-0.15, -0.1) is 5.10 Å². The molecule has 0 bridgehead atoms. The summed E-state index contributed by atoms with van der Waals surface area (Å²) in [5.74, 6) is 1.16. The Hall–Kier alpha value is -4.09. The summed E-state index contributed by atoms with van der Waals surface area (Å²) in [6, 6.07) is 42.2. The number of rotatable bonds is 10. The quantitative estimate of drug-likeness (QED) is 0.220. The minimum atomic E-state index is -0.121. The first kappa shape index (κ1) is 24.6. The maximum Gasteiger partial charge on any atom is 0.169 e. The van der Waals surface area contributed by atoms with Gasteiger partial charge in [-0.05, 0) is 38.6 Å². The molecule has 0 radical (unpaired) electrons. The van der Waals surface area contributed by atoms with Crippen LogP contribution in [0, 0.1) is 5.92 Å². The fourth-order valence-electron chi connectivity index (χ4n) is 5.10. The third-order valence-electron chi connectivity index (χ3n) is 6.74. The van der Waals surface area contributed by atoms with E-state index in [0.717, 1.165) is 30.0 Å². The van der Waals surface area contributed by atoms with Crippen molar-refractivity contribution in [3.63, 3.8) is 0 Å². The van der Waals surface area contributed by atoms with Crippen LogP contribution in [0.1, 0.15) is 54.0 Å². The Morgan fingerprint density at radius 2 is 1.05 bits per heavy atom. The number of nitrogens with zero attached hydrogens (tertiary/aromatic N) is 5. The van der Waals surface area contributed by atoms with E-state index >= 15 is 0 Å². The summed E-state index contributed by atoms with van der Waals surface area (Å²) in [6.45, 7) is 6.11. The van der Waals surface area contributed by atoms with Crippen molar-refractivity contribution in [1.82, 2.24) is 25.1 Å². The molecule has 1 heterocycles. The van der Waals surface area contributed by atoms with Crippen LogP contribution in [0.5, 0.6) is 0 Å². The van der Waals surface area contributed by atoms with Gasteiger partial charge in [0.25, 0.3) is 0 Å². The van der Waals surface area contributed by atoms with Crippen molar-refractivity contribution < 1.29 is 0 Å². The summed E-state index contributed by atoms with van der Waals surface area (Å²) in [7, 11) is 0. The molecule has 5 rings (SSSR count). The highest BCUT2D eigenvalue weighted by atomic mass is 15.6. The molecular weight excluding hydrogens is 454 g/mol. The first-order valence-corrected chi connectivity index (χ1v) is 12.9. The maximum atomic E-state index is 4.67. The van der Waals surface area contributed by atoms with E-state index in [1.165, 1.54) is 11.1 Å².